The second kappa shape index (κ2) is 26.0. The Hall–Kier alpha value is -1.93. The number of ether oxygens (including phenoxy) is 6. The molecular formula is C36H60O11. The molecule has 2 aliphatic rings. The third-order valence-electron chi connectivity index (χ3n) is 7.99. The third-order valence-corrected chi connectivity index (χ3v) is 7.99. The number of unbranched alkanes of at least 4 members (excludes halogenated alkanes) is 4. The Morgan fingerprint density at radius 3 is 2.09 bits per heavy atom. The van der Waals surface area contributed by atoms with Gasteiger partial charge in [0.2, 0.25) is 0 Å². The van der Waals surface area contributed by atoms with Gasteiger partial charge in [-0.1, -0.05) is 68.4 Å². The highest BCUT2D eigenvalue weighted by atomic mass is 16.7. The molecule has 2 heterocycles. The lowest BCUT2D eigenvalue weighted by Crippen LogP contribution is -2.52. The SMILES string of the molecule is CCCCC/C=C\C/C=C\C/C=C\C/C=C\CCCC(=O)OCC(CO[C@H]1C[C@@H](O)C[C@@H](CO)O1)O[C@H]1C[C@@H](OC)[C@H](O)[C@@H](CO)O1. The van der Waals surface area contributed by atoms with E-state index in [4.69, 9.17) is 28.4 Å². The average molecular weight is 669 g/mol. The number of esters is 1. The summed E-state index contributed by atoms with van der Waals surface area (Å²) in [5.74, 6) is -0.373. The van der Waals surface area contributed by atoms with Crippen LogP contribution in [-0.2, 0) is 33.2 Å². The molecule has 0 bridgehead atoms. The molecule has 4 N–H and O–H groups in total. The standard InChI is InChI=1S/C36H60O11/c1-3-4-5-6-7-8-9-10-11-12-13-14-15-16-17-18-19-20-33(40)43-26-30(27-44-34-22-28(39)21-29(24-37)45-34)46-35-23-31(42-2)36(41)32(25-38)47-35/h7-8,10-11,13-14,16-17,28-32,34-39,41H,3-6,9,12,15,18-27H2,1-2H3/b8-7-,11-10-,14-13-,17-16-/t28-,29-,30?,31+,32+,34+,35+,36-/m0/s1. The number of allylic oxidation sites excluding steroid dienone is 8. The van der Waals surface area contributed by atoms with Crippen LogP contribution in [-0.4, -0.2) is 109 Å². The van der Waals surface area contributed by atoms with Gasteiger partial charge in [0.05, 0.1) is 38.1 Å². The van der Waals surface area contributed by atoms with Gasteiger partial charge in [-0.2, -0.15) is 0 Å². The maximum absolute atomic E-state index is 12.5. The highest BCUT2D eigenvalue weighted by Crippen LogP contribution is 2.25. The Balaban J connectivity index is 1.71. The van der Waals surface area contributed by atoms with Crippen molar-refractivity contribution >= 4 is 5.97 Å². The predicted octanol–water partition coefficient (Wildman–Crippen LogP) is 4.42. The summed E-state index contributed by atoms with van der Waals surface area (Å²) in [6.07, 6.45) is 21.3. The van der Waals surface area contributed by atoms with Crippen LogP contribution < -0.4 is 0 Å². The van der Waals surface area contributed by atoms with Crippen molar-refractivity contribution in [3.63, 3.8) is 0 Å². The molecule has 47 heavy (non-hydrogen) atoms. The van der Waals surface area contributed by atoms with E-state index in [9.17, 15) is 25.2 Å². The van der Waals surface area contributed by atoms with Crippen LogP contribution in [0, 0.1) is 0 Å². The molecule has 270 valence electrons. The average Bonchev–Trinajstić information content (AvgIpc) is 3.07. The summed E-state index contributed by atoms with van der Waals surface area (Å²) in [5.41, 5.74) is 0. The molecule has 0 aromatic rings. The van der Waals surface area contributed by atoms with Gasteiger partial charge < -0.3 is 48.8 Å². The van der Waals surface area contributed by atoms with Gasteiger partial charge in [0.15, 0.2) is 12.6 Å². The zero-order chi connectivity index (χ0) is 34.1. The number of aliphatic hydroxyl groups is 4. The summed E-state index contributed by atoms with van der Waals surface area (Å²) < 4.78 is 34.1. The molecule has 0 aromatic carbocycles. The molecule has 0 aliphatic carbocycles. The number of methoxy groups -OCH3 is 1. The molecule has 8 atom stereocenters. The van der Waals surface area contributed by atoms with Gasteiger partial charge in [-0.05, 0) is 44.9 Å². The number of carbonyl (C=O) groups is 1. The van der Waals surface area contributed by atoms with E-state index in [-0.39, 0.29) is 45.1 Å². The lowest BCUT2D eigenvalue weighted by Gasteiger charge is -2.39. The minimum absolute atomic E-state index is 0.0467. The first-order valence-corrected chi connectivity index (χ1v) is 17.3. The first kappa shape index (κ1) is 41.2. The lowest BCUT2D eigenvalue weighted by atomic mass is 10.0. The van der Waals surface area contributed by atoms with E-state index in [1.165, 1.54) is 32.8 Å². The van der Waals surface area contributed by atoms with Crippen LogP contribution in [0.15, 0.2) is 48.6 Å². The van der Waals surface area contributed by atoms with Gasteiger partial charge in [0, 0.05) is 32.8 Å². The second-order valence-corrected chi connectivity index (χ2v) is 12.0. The van der Waals surface area contributed by atoms with Gasteiger partial charge >= 0.3 is 5.97 Å². The second-order valence-electron chi connectivity index (χ2n) is 12.0. The van der Waals surface area contributed by atoms with Crippen molar-refractivity contribution in [3.05, 3.63) is 48.6 Å². The van der Waals surface area contributed by atoms with Gasteiger partial charge in [-0.15, -0.1) is 0 Å². The molecular weight excluding hydrogens is 608 g/mol. The zero-order valence-electron chi connectivity index (χ0n) is 28.4. The highest BCUT2D eigenvalue weighted by Gasteiger charge is 2.39. The van der Waals surface area contributed by atoms with E-state index in [0.717, 1.165) is 25.7 Å². The van der Waals surface area contributed by atoms with E-state index in [1.807, 2.05) is 0 Å². The van der Waals surface area contributed by atoms with E-state index in [2.05, 4.69) is 55.5 Å². The molecule has 0 aromatic heterocycles. The van der Waals surface area contributed by atoms with Crippen molar-refractivity contribution in [3.8, 4) is 0 Å². The monoisotopic (exact) mass is 668 g/mol. The lowest BCUT2D eigenvalue weighted by molar-refractivity contribution is -0.288. The van der Waals surface area contributed by atoms with Gasteiger partial charge in [0.25, 0.3) is 0 Å². The smallest absolute Gasteiger partial charge is 0.305 e. The minimum Gasteiger partial charge on any atom is -0.463 e. The van der Waals surface area contributed by atoms with Crippen LogP contribution in [0.1, 0.15) is 90.4 Å². The van der Waals surface area contributed by atoms with E-state index >= 15 is 0 Å². The van der Waals surface area contributed by atoms with Crippen molar-refractivity contribution in [2.24, 2.45) is 0 Å². The Morgan fingerprint density at radius 1 is 0.809 bits per heavy atom. The number of aliphatic hydroxyl groups excluding tert-OH is 4. The fourth-order valence-electron chi connectivity index (χ4n) is 5.29. The fourth-order valence-corrected chi connectivity index (χ4v) is 5.29. The number of rotatable bonds is 24. The van der Waals surface area contributed by atoms with Crippen molar-refractivity contribution in [2.75, 3.05) is 33.5 Å². The Kier molecular flexibility index (Phi) is 22.8. The summed E-state index contributed by atoms with van der Waals surface area (Å²) in [6.45, 7) is 1.39. The predicted molar refractivity (Wildman–Crippen MR) is 178 cm³/mol. The molecule has 2 fully saturated rings. The summed E-state index contributed by atoms with van der Waals surface area (Å²) in [5, 5.41) is 39.5. The van der Waals surface area contributed by atoms with Crippen molar-refractivity contribution in [1.29, 1.82) is 0 Å². The third kappa shape index (κ3) is 18.4. The Morgan fingerprint density at radius 2 is 1.47 bits per heavy atom. The summed E-state index contributed by atoms with van der Waals surface area (Å²) >= 11 is 0. The topological polar surface area (TPSA) is 153 Å². The van der Waals surface area contributed by atoms with Gasteiger partial charge in [-0.3, -0.25) is 4.79 Å². The molecule has 11 heteroatoms. The van der Waals surface area contributed by atoms with Crippen molar-refractivity contribution in [2.45, 2.75) is 140 Å². The van der Waals surface area contributed by atoms with Crippen LogP contribution in [0.5, 0.6) is 0 Å². The first-order chi connectivity index (χ1) is 22.9. The molecule has 1 unspecified atom stereocenters. The largest absolute Gasteiger partial charge is 0.463 e. The molecule has 0 radical (unpaired) electrons. The van der Waals surface area contributed by atoms with Crippen LogP contribution in [0.25, 0.3) is 0 Å². The van der Waals surface area contributed by atoms with Crippen molar-refractivity contribution in [1.82, 2.24) is 0 Å². The molecule has 11 nitrogen and oxygen atoms in total. The quantitative estimate of drug-likeness (QED) is 0.0657. The van der Waals surface area contributed by atoms with E-state index in [1.54, 1.807) is 0 Å². The first-order valence-electron chi connectivity index (χ1n) is 17.3. The van der Waals surface area contributed by atoms with Crippen LogP contribution in [0.4, 0.5) is 0 Å². The number of carbonyl (C=O) groups excluding carboxylic acids is 1. The van der Waals surface area contributed by atoms with Crippen molar-refractivity contribution < 1.29 is 53.6 Å². The molecule has 2 saturated heterocycles. The molecule has 2 rings (SSSR count). The van der Waals surface area contributed by atoms with Gasteiger partial charge in [-0.25, -0.2) is 0 Å². The molecule has 0 saturated carbocycles. The summed E-state index contributed by atoms with van der Waals surface area (Å²) in [4.78, 5) is 12.5. The maximum atomic E-state index is 12.5. The van der Waals surface area contributed by atoms with E-state index in [0.29, 0.717) is 12.8 Å². The molecule has 2 aliphatic heterocycles. The Labute approximate surface area is 281 Å². The summed E-state index contributed by atoms with van der Waals surface area (Å²) in [7, 11) is 1.46. The van der Waals surface area contributed by atoms with Crippen LogP contribution in [0.2, 0.25) is 0 Å². The molecule has 0 amide bonds. The Bertz CT molecular complexity index is 907. The van der Waals surface area contributed by atoms with E-state index < -0.39 is 55.8 Å². The van der Waals surface area contributed by atoms with Gasteiger partial charge in [0.1, 0.15) is 24.9 Å². The van der Waals surface area contributed by atoms with Crippen LogP contribution in [0.3, 0.4) is 0 Å². The van der Waals surface area contributed by atoms with Crippen LogP contribution >= 0.6 is 0 Å². The zero-order valence-corrected chi connectivity index (χ0v) is 28.4. The maximum Gasteiger partial charge on any atom is 0.305 e. The normalized spacial score (nSPS) is 27.8. The minimum atomic E-state index is -1.02. The summed E-state index contributed by atoms with van der Waals surface area (Å²) in [6, 6.07) is 0. The highest BCUT2D eigenvalue weighted by molar-refractivity contribution is 5.69. The number of hydrogen-bond acceptors (Lipinski definition) is 11. The number of hydrogen-bond donors (Lipinski definition) is 4. The fraction of sp³-hybridized carbons (Fsp3) is 0.750. The molecule has 0 spiro atoms.